The van der Waals surface area contributed by atoms with Crippen molar-refractivity contribution in [3.05, 3.63) is 117 Å². The highest BCUT2D eigenvalue weighted by atomic mass is 32.2. The molecule has 13 heteroatoms. The van der Waals surface area contributed by atoms with Gasteiger partial charge in [0.05, 0.1) is 23.2 Å². The molecule has 0 fully saturated rings. The van der Waals surface area contributed by atoms with Crippen molar-refractivity contribution in [2.45, 2.75) is 11.8 Å². The van der Waals surface area contributed by atoms with E-state index >= 15 is 4.39 Å². The van der Waals surface area contributed by atoms with Crippen LogP contribution in [-0.2, 0) is 11.1 Å². The first kappa shape index (κ1) is 28.9. The van der Waals surface area contributed by atoms with Gasteiger partial charge in [-0.05, 0) is 48.9 Å². The van der Waals surface area contributed by atoms with Crippen LogP contribution in [0.25, 0.3) is 27.7 Å². The Kier molecular flexibility index (Phi) is 7.54. The van der Waals surface area contributed by atoms with Crippen LogP contribution in [0.5, 0.6) is 11.5 Å². The fourth-order valence-corrected chi connectivity index (χ4v) is 5.18. The molecule has 5 nitrogen and oxygen atoms in total. The topological polar surface area (TPSA) is 57.5 Å². The number of fused-ring (bicyclic) bond motifs is 1. The summed E-state index contributed by atoms with van der Waals surface area (Å²) in [6.07, 6.45) is 0. The van der Waals surface area contributed by atoms with E-state index < -0.39 is 63.0 Å². The van der Waals surface area contributed by atoms with E-state index in [2.05, 4.69) is 4.18 Å². The van der Waals surface area contributed by atoms with Crippen LogP contribution < -0.4 is 14.3 Å². The van der Waals surface area contributed by atoms with Crippen molar-refractivity contribution in [3.8, 4) is 28.3 Å². The van der Waals surface area contributed by atoms with Crippen LogP contribution in [0.2, 0.25) is 0 Å². The monoisotopic (exact) mass is 607 g/mol. The third-order valence-electron chi connectivity index (χ3n) is 6.33. The third kappa shape index (κ3) is 4.89. The summed E-state index contributed by atoms with van der Waals surface area (Å²) in [4.78, 5) is 12.5. The van der Waals surface area contributed by atoms with Crippen molar-refractivity contribution >= 4 is 22.0 Å². The van der Waals surface area contributed by atoms with Gasteiger partial charge in [-0.3, -0.25) is 4.79 Å². The molecule has 0 N–H and O–H groups in total. The summed E-state index contributed by atoms with van der Waals surface area (Å²) < 4.78 is 122. The Labute approximate surface area is 235 Å². The highest BCUT2D eigenvalue weighted by molar-refractivity contribution is 7.80. The molecule has 0 aliphatic carbocycles. The molecule has 0 saturated carbocycles. The molecule has 0 bridgehead atoms. The van der Waals surface area contributed by atoms with Crippen LogP contribution in [0, 0.1) is 47.6 Å². The lowest BCUT2D eigenvalue weighted by Gasteiger charge is -2.19. The van der Waals surface area contributed by atoms with Gasteiger partial charge in [-0.25, -0.2) is 26.2 Å². The number of aromatic nitrogens is 1. The molecule has 0 saturated heterocycles. The average Bonchev–Trinajstić information content (AvgIpc) is 2.97. The van der Waals surface area contributed by atoms with Gasteiger partial charge in [-0.15, -0.1) is 0 Å². The predicted molar refractivity (Wildman–Crippen MR) is 139 cm³/mol. The van der Waals surface area contributed by atoms with Gasteiger partial charge in [-0.1, -0.05) is 12.1 Å². The van der Waals surface area contributed by atoms with E-state index in [9.17, 15) is 35.3 Å². The molecule has 5 aromatic rings. The van der Waals surface area contributed by atoms with Crippen molar-refractivity contribution < 1.29 is 43.9 Å². The number of hydrogen-bond acceptors (Lipinski definition) is 4. The van der Waals surface area contributed by atoms with E-state index in [4.69, 9.17) is 4.74 Å². The second kappa shape index (κ2) is 11.0. The second-order valence-corrected chi connectivity index (χ2v) is 10.0. The number of hydrogen-bond donors (Lipinski definition) is 0. The number of ether oxygens (including phenoxy) is 1. The minimum absolute atomic E-state index is 0.0427. The largest absolute Gasteiger partial charge is 0.495 e. The highest BCUT2D eigenvalue weighted by Crippen LogP contribution is 2.35. The lowest BCUT2D eigenvalue weighted by Crippen LogP contribution is -2.13. The van der Waals surface area contributed by atoms with Gasteiger partial charge in [-0.2, -0.15) is 8.78 Å². The fraction of sp³-hybridized carbons (Fsp3) is 0.0690. The maximum Gasteiger partial charge on any atom is 0.240 e. The molecule has 216 valence electrons. The first-order valence-corrected chi connectivity index (χ1v) is 12.9. The van der Waals surface area contributed by atoms with Crippen LogP contribution in [0.15, 0.2) is 70.4 Å². The minimum atomic E-state index is -2.83. The molecule has 1 atom stereocenters. The first-order valence-electron chi connectivity index (χ1n) is 11.8. The number of rotatable bonds is 6. The summed E-state index contributed by atoms with van der Waals surface area (Å²) in [7, 11) is 1.32. The molecular formula is C29H16F7NO4S. The van der Waals surface area contributed by atoms with E-state index in [0.717, 1.165) is 24.3 Å². The normalized spacial score (nSPS) is 12.0. The van der Waals surface area contributed by atoms with Crippen LogP contribution in [0.4, 0.5) is 30.7 Å². The van der Waals surface area contributed by atoms with E-state index in [1.165, 1.54) is 48.1 Å². The predicted octanol–water partition coefficient (Wildman–Crippen LogP) is 7.05. The lowest BCUT2D eigenvalue weighted by atomic mass is 10.0. The third-order valence-corrected chi connectivity index (χ3v) is 7.29. The van der Waals surface area contributed by atoms with Crippen molar-refractivity contribution in [1.29, 1.82) is 0 Å². The van der Waals surface area contributed by atoms with Gasteiger partial charge in [0.25, 0.3) is 0 Å². The number of nitrogens with zero attached hydrogens (tertiary/aromatic N) is 1. The van der Waals surface area contributed by atoms with E-state index in [1.54, 1.807) is 6.92 Å². The summed E-state index contributed by atoms with van der Waals surface area (Å²) in [5.41, 5.74) is 0.332. The molecular weight excluding hydrogens is 591 g/mol. The van der Waals surface area contributed by atoms with Crippen molar-refractivity contribution in [3.63, 3.8) is 0 Å². The van der Waals surface area contributed by atoms with Gasteiger partial charge in [0.1, 0.15) is 17.4 Å². The SMILES string of the molecule is COc1cc(-c2cccc(F)c2)c(F)cc1-n1c(C)cc(=O)c2cc(S(=O)Oc3c(F)c(F)c(F)c(F)c3F)ccc21. The molecule has 0 aliphatic heterocycles. The summed E-state index contributed by atoms with van der Waals surface area (Å²) in [6.45, 7) is 1.55. The highest BCUT2D eigenvalue weighted by Gasteiger charge is 2.29. The van der Waals surface area contributed by atoms with E-state index in [0.29, 0.717) is 5.69 Å². The Morgan fingerprint density at radius 1 is 0.786 bits per heavy atom. The van der Waals surface area contributed by atoms with Crippen molar-refractivity contribution in [2.75, 3.05) is 7.11 Å². The molecule has 0 amide bonds. The zero-order valence-electron chi connectivity index (χ0n) is 21.4. The number of pyridine rings is 1. The van der Waals surface area contributed by atoms with Gasteiger partial charge in [0.2, 0.25) is 45.9 Å². The first-order chi connectivity index (χ1) is 19.9. The Balaban J connectivity index is 1.62. The lowest BCUT2D eigenvalue weighted by molar-refractivity contribution is 0.352. The zero-order valence-corrected chi connectivity index (χ0v) is 22.2. The summed E-state index contributed by atoms with van der Waals surface area (Å²) in [6, 6.07) is 12.4. The van der Waals surface area contributed by atoms with Gasteiger partial charge >= 0.3 is 0 Å². The standard InChI is InChI=1S/C29H16F7NO4S/c1-13-8-22(38)18-10-16(42(39)41-29-27(35)25(33)24(32)26(34)28(29)36)6-7-20(18)37(13)21-12-19(31)17(11-23(21)40-2)14-4-3-5-15(30)9-14/h3-12H,1-2H3. The second-order valence-electron chi connectivity index (χ2n) is 8.90. The van der Waals surface area contributed by atoms with Gasteiger partial charge in [0.15, 0.2) is 5.43 Å². The summed E-state index contributed by atoms with van der Waals surface area (Å²) in [5, 5.41) is -0.107. The minimum Gasteiger partial charge on any atom is -0.495 e. The molecule has 0 radical (unpaired) electrons. The number of benzene rings is 4. The van der Waals surface area contributed by atoms with Gasteiger partial charge in [0, 0.05) is 28.8 Å². The average molecular weight is 608 g/mol. The summed E-state index contributed by atoms with van der Waals surface area (Å²) in [5.74, 6) is -14.6. The van der Waals surface area contributed by atoms with Crippen LogP contribution in [0.3, 0.4) is 0 Å². The maximum absolute atomic E-state index is 15.4. The Hall–Kier alpha value is -4.65. The molecule has 1 heterocycles. The number of methoxy groups -OCH3 is 1. The van der Waals surface area contributed by atoms with Crippen molar-refractivity contribution in [1.82, 2.24) is 4.57 Å². The molecule has 0 aliphatic rings. The van der Waals surface area contributed by atoms with E-state index in [1.807, 2.05) is 0 Å². The molecule has 1 aromatic heterocycles. The van der Waals surface area contributed by atoms with Crippen molar-refractivity contribution in [2.24, 2.45) is 0 Å². The van der Waals surface area contributed by atoms with Crippen LogP contribution in [0.1, 0.15) is 5.69 Å². The fourth-order valence-electron chi connectivity index (χ4n) is 4.39. The molecule has 1 unspecified atom stereocenters. The zero-order chi connectivity index (χ0) is 30.5. The Morgan fingerprint density at radius 3 is 2.10 bits per heavy atom. The smallest absolute Gasteiger partial charge is 0.240 e. The van der Waals surface area contributed by atoms with E-state index in [-0.39, 0.29) is 38.4 Å². The number of halogens is 7. The molecule has 0 spiro atoms. The quantitative estimate of drug-likeness (QED) is 0.118. The number of aryl methyl sites for hydroxylation is 1. The molecule has 42 heavy (non-hydrogen) atoms. The maximum atomic E-state index is 15.4. The summed E-state index contributed by atoms with van der Waals surface area (Å²) >= 11 is -2.83. The Morgan fingerprint density at radius 2 is 1.45 bits per heavy atom. The van der Waals surface area contributed by atoms with Crippen LogP contribution >= 0.6 is 0 Å². The van der Waals surface area contributed by atoms with Crippen LogP contribution in [-0.4, -0.2) is 15.9 Å². The van der Waals surface area contributed by atoms with Gasteiger partial charge < -0.3 is 13.5 Å². The molecule has 4 aromatic carbocycles. The Bertz CT molecular complexity index is 1970. The molecule has 5 rings (SSSR count).